The molecule has 2 saturated heterocycles. The smallest absolute Gasteiger partial charge is 0.355 e. The van der Waals surface area contributed by atoms with Gasteiger partial charge in [0.1, 0.15) is 23.2 Å². The van der Waals surface area contributed by atoms with Gasteiger partial charge in [-0.3, -0.25) is 0 Å². The quantitative estimate of drug-likeness (QED) is 0.769. The van der Waals surface area contributed by atoms with E-state index in [1.807, 2.05) is 17.9 Å². The molecule has 2 aromatic heterocycles. The van der Waals surface area contributed by atoms with Crippen LogP contribution in [-0.4, -0.2) is 40.6 Å². The van der Waals surface area contributed by atoms with Crippen molar-refractivity contribution in [2.75, 3.05) is 29.4 Å². The summed E-state index contributed by atoms with van der Waals surface area (Å²) >= 11 is 0. The van der Waals surface area contributed by atoms with E-state index >= 15 is 0 Å². The molecule has 5 nitrogen and oxygen atoms in total. The molecule has 0 aromatic carbocycles. The van der Waals surface area contributed by atoms with Crippen molar-refractivity contribution >= 4 is 11.6 Å². The lowest BCUT2D eigenvalue weighted by atomic mass is 9.92. The second-order valence-corrected chi connectivity index (χ2v) is 8.42. The number of hydrogen-bond acceptors (Lipinski definition) is 5. The molecule has 29 heavy (non-hydrogen) atoms. The molecule has 3 aliphatic rings. The predicted molar refractivity (Wildman–Crippen MR) is 104 cm³/mol. The van der Waals surface area contributed by atoms with Crippen LogP contribution < -0.4 is 9.80 Å². The summed E-state index contributed by atoms with van der Waals surface area (Å²) in [6.45, 7) is 4.34. The van der Waals surface area contributed by atoms with Gasteiger partial charge in [-0.2, -0.15) is 13.2 Å². The highest BCUT2D eigenvalue weighted by molar-refractivity contribution is 5.47. The van der Waals surface area contributed by atoms with E-state index in [-0.39, 0.29) is 6.04 Å². The molecule has 2 unspecified atom stereocenters. The average molecular weight is 403 g/mol. The summed E-state index contributed by atoms with van der Waals surface area (Å²) in [6.07, 6.45) is -0.0612. The molecule has 0 radical (unpaired) electrons. The van der Waals surface area contributed by atoms with Gasteiger partial charge < -0.3 is 9.80 Å². The fraction of sp³-hybridized carbons (Fsp3) is 0.571. The third-order valence-corrected chi connectivity index (χ3v) is 6.31. The van der Waals surface area contributed by atoms with E-state index in [2.05, 4.69) is 14.9 Å². The van der Waals surface area contributed by atoms with Crippen LogP contribution in [0.15, 0.2) is 24.3 Å². The number of hydrogen-bond donors (Lipinski definition) is 0. The highest BCUT2D eigenvalue weighted by Crippen LogP contribution is 2.40. The molecular formula is C21H24F3N5. The molecule has 0 bridgehead atoms. The minimum atomic E-state index is -4.43. The van der Waals surface area contributed by atoms with Gasteiger partial charge in [0.05, 0.1) is 6.04 Å². The van der Waals surface area contributed by atoms with Crippen LogP contribution in [-0.2, 0) is 6.18 Å². The molecule has 2 atom stereocenters. The number of nitrogens with zero attached hydrogens (tertiary/aromatic N) is 5. The number of aryl methyl sites for hydroxylation is 1. The van der Waals surface area contributed by atoms with E-state index in [9.17, 15) is 13.2 Å². The Morgan fingerprint density at radius 2 is 1.76 bits per heavy atom. The Balaban J connectivity index is 1.40. The van der Waals surface area contributed by atoms with Gasteiger partial charge >= 0.3 is 6.18 Å². The molecular weight excluding hydrogens is 379 g/mol. The average Bonchev–Trinajstić information content (AvgIpc) is 3.46. The Labute approximate surface area is 168 Å². The largest absolute Gasteiger partial charge is 0.433 e. The zero-order valence-electron chi connectivity index (χ0n) is 16.4. The van der Waals surface area contributed by atoms with Gasteiger partial charge in [0.15, 0.2) is 0 Å². The monoisotopic (exact) mass is 403 g/mol. The standard InChI is InChI=1S/C21H24F3N5/c1-13-11-19(27-20(25-13)15-5-6-15)29-10-8-14-7-9-28(12-16(14)29)18-4-2-3-17(26-18)21(22,23)24/h2-4,11,14-16H,5-10,12H2,1H3. The van der Waals surface area contributed by atoms with Crippen molar-refractivity contribution in [3.63, 3.8) is 0 Å². The van der Waals surface area contributed by atoms with Gasteiger partial charge in [-0.05, 0) is 50.7 Å². The minimum Gasteiger partial charge on any atom is -0.355 e. The van der Waals surface area contributed by atoms with E-state index in [4.69, 9.17) is 4.98 Å². The summed E-state index contributed by atoms with van der Waals surface area (Å²) in [5, 5.41) is 0. The number of aromatic nitrogens is 3. The van der Waals surface area contributed by atoms with E-state index in [1.54, 1.807) is 6.07 Å². The van der Waals surface area contributed by atoms with Crippen LogP contribution in [0, 0.1) is 12.8 Å². The Morgan fingerprint density at radius 3 is 2.52 bits per heavy atom. The van der Waals surface area contributed by atoms with Crippen molar-refractivity contribution in [3.8, 4) is 0 Å². The lowest BCUT2D eigenvalue weighted by molar-refractivity contribution is -0.141. The first-order chi connectivity index (χ1) is 13.9. The van der Waals surface area contributed by atoms with Crippen LogP contribution in [0.2, 0.25) is 0 Å². The van der Waals surface area contributed by atoms with Gasteiger partial charge in [0.25, 0.3) is 0 Å². The number of halogens is 3. The van der Waals surface area contributed by atoms with E-state index < -0.39 is 11.9 Å². The van der Waals surface area contributed by atoms with Gasteiger partial charge in [0.2, 0.25) is 0 Å². The first-order valence-electron chi connectivity index (χ1n) is 10.3. The highest BCUT2D eigenvalue weighted by Gasteiger charge is 2.40. The molecule has 4 heterocycles. The molecule has 154 valence electrons. The number of fused-ring (bicyclic) bond motifs is 1. The number of piperidine rings is 1. The summed E-state index contributed by atoms with van der Waals surface area (Å²) in [7, 11) is 0. The van der Waals surface area contributed by atoms with Crippen LogP contribution in [0.4, 0.5) is 24.8 Å². The predicted octanol–water partition coefficient (Wildman–Crippen LogP) is 4.18. The SMILES string of the molecule is Cc1cc(N2CCC3CCN(c4cccc(C(F)(F)F)n4)CC32)nc(C2CC2)n1. The number of alkyl halides is 3. The normalized spacial score (nSPS) is 24.7. The van der Waals surface area contributed by atoms with Crippen molar-refractivity contribution in [1.29, 1.82) is 0 Å². The Bertz CT molecular complexity index is 911. The summed E-state index contributed by atoms with van der Waals surface area (Å²) < 4.78 is 39.2. The Morgan fingerprint density at radius 1 is 0.966 bits per heavy atom. The van der Waals surface area contributed by atoms with E-state index in [0.717, 1.165) is 62.2 Å². The second kappa shape index (κ2) is 6.85. The number of rotatable bonds is 3. The van der Waals surface area contributed by atoms with Crippen molar-refractivity contribution < 1.29 is 13.2 Å². The summed E-state index contributed by atoms with van der Waals surface area (Å²) in [5.41, 5.74) is 0.147. The number of anilines is 2. The van der Waals surface area contributed by atoms with Crippen molar-refractivity contribution in [3.05, 3.63) is 41.5 Å². The van der Waals surface area contributed by atoms with Gasteiger partial charge in [-0.1, -0.05) is 6.07 Å². The summed E-state index contributed by atoms with van der Waals surface area (Å²) in [4.78, 5) is 17.7. The molecule has 8 heteroatoms. The summed E-state index contributed by atoms with van der Waals surface area (Å²) in [6, 6.07) is 6.42. The zero-order chi connectivity index (χ0) is 20.2. The van der Waals surface area contributed by atoms with Gasteiger partial charge in [-0.15, -0.1) is 0 Å². The molecule has 2 aliphatic heterocycles. The number of pyridine rings is 1. The van der Waals surface area contributed by atoms with Gasteiger partial charge in [0, 0.05) is 37.3 Å². The molecule has 3 fully saturated rings. The maximum atomic E-state index is 13.1. The zero-order valence-corrected chi connectivity index (χ0v) is 16.4. The molecule has 5 rings (SSSR count). The van der Waals surface area contributed by atoms with E-state index in [0.29, 0.717) is 24.2 Å². The van der Waals surface area contributed by atoms with Crippen LogP contribution in [0.25, 0.3) is 0 Å². The maximum absolute atomic E-state index is 13.1. The molecule has 0 N–H and O–H groups in total. The van der Waals surface area contributed by atoms with E-state index in [1.165, 1.54) is 6.07 Å². The third kappa shape index (κ3) is 3.65. The van der Waals surface area contributed by atoms with Gasteiger partial charge in [-0.25, -0.2) is 15.0 Å². The molecule has 2 aromatic rings. The second-order valence-electron chi connectivity index (χ2n) is 8.42. The van der Waals surface area contributed by atoms with Crippen LogP contribution >= 0.6 is 0 Å². The maximum Gasteiger partial charge on any atom is 0.433 e. The van der Waals surface area contributed by atoms with Crippen molar-refractivity contribution in [1.82, 2.24) is 15.0 Å². The van der Waals surface area contributed by atoms with Crippen molar-refractivity contribution in [2.45, 2.75) is 50.7 Å². The third-order valence-electron chi connectivity index (χ3n) is 6.31. The Kier molecular flexibility index (Phi) is 4.40. The highest BCUT2D eigenvalue weighted by atomic mass is 19.4. The molecule has 1 saturated carbocycles. The van der Waals surface area contributed by atoms with Crippen LogP contribution in [0.5, 0.6) is 0 Å². The van der Waals surface area contributed by atoms with Crippen LogP contribution in [0.1, 0.15) is 48.8 Å². The lowest BCUT2D eigenvalue weighted by Crippen LogP contribution is -2.49. The Hall–Kier alpha value is -2.38. The molecule has 1 aliphatic carbocycles. The van der Waals surface area contributed by atoms with Crippen molar-refractivity contribution in [2.24, 2.45) is 5.92 Å². The lowest BCUT2D eigenvalue weighted by Gasteiger charge is -2.39. The fourth-order valence-electron chi connectivity index (χ4n) is 4.64. The van der Waals surface area contributed by atoms with Crippen LogP contribution in [0.3, 0.4) is 0 Å². The topological polar surface area (TPSA) is 45.2 Å². The minimum absolute atomic E-state index is 0.237. The fourth-order valence-corrected chi connectivity index (χ4v) is 4.64. The molecule has 0 amide bonds. The molecule has 0 spiro atoms. The summed E-state index contributed by atoms with van der Waals surface area (Å²) in [5.74, 6) is 3.34. The first kappa shape index (κ1) is 18.6. The first-order valence-corrected chi connectivity index (χ1v) is 10.3.